The quantitative estimate of drug-likeness (QED) is 0.737. The van der Waals surface area contributed by atoms with Crippen molar-refractivity contribution in [2.24, 2.45) is 0 Å². The van der Waals surface area contributed by atoms with E-state index in [9.17, 15) is 9.59 Å². The summed E-state index contributed by atoms with van der Waals surface area (Å²) in [5, 5.41) is 6.93. The van der Waals surface area contributed by atoms with E-state index in [0.29, 0.717) is 11.7 Å². The Labute approximate surface area is 162 Å². The standard InChI is InChI=1S/C20H22N6O2/c1-12(2)15-6-4-5-7-16(15)26-13(3)22-17(24-26)19(27)23-18-20(28)25(11-10-21-18)14-8-9-14/h4-7,10-12,14H,8-9H2,1-3H3,(H,21,23,27). The minimum Gasteiger partial charge on any atom is -0.308 e. The molecule has 144 valence electrons. The molecule has 2 heterocycles. The summed E-state index contributed by atoms with van der Waals surface area (Å²) in [6, 6.07) is 8.10. The molecule has 1 aliphatic rings. The number of nitrogens with one attached hydrogen (secondary N) is 1. The van der Waals surface area contributed by atoms with Gasteiger partial charge in [-0.25, -0.2) is 14.6 Å². The van der Waals surface area contributed by atoms with E-state index in [1.165, 1.54) is 6.20 Å². The number of rotatable bonds is 5. The smallest absolute Gasteiger partial charge is 0.296 e. The van der Waals surface area contributed by atoms with Gasteiger partial charge in [0.25, 0.3) is 11.5 Å². The number of para-hydroxylation sites is 1. The predicted molar refractivity (Wildman–Crippen MR) is 105 cm³/mol. The van der Waals surface area contributed by atoms with Gasteiger partial charge in [-0.05, 0) is 37.3 Å². The maximum Gasteiger partial charge on any atom is 0.296 e. The molecule has 0 radical (unpaired) electrons. The third kappa shape index (κ3) is 3.33. The van der Waals surface area contributed by atoms with Crippen LogP contribution in [0.5, 0.6) is 0 Å². The van der Waals surface area contributed by atoms with Crippen LogP contribution in [-0.2, 0) is 0 Å². The molecule has 3 aromatic rings. The monoisotopic (exact) mass is 378 g/mol. The number of benzene rings is 1. The van der Waals surface area contributed by atoms with Crippen LogP contribution in [0.3, 0.4) is 0 Å². The van der Waals surface area contributed by atoms with Crippen molar-refractivity contribution in [2.75, 3.05) is 5.32 Å². The van der Waals surface area contributed by atoms with Gasteiger partial charge in [-0.3, -0.25) is 14.9 Å². The Hall–Kier alpha value is -3.29. The van der Waals surface area contributed by atoms with E-state index in [1.807, 2.05) is 24.3 Å². The number of hydrogen-bond acceptors (Lipinski definition) is 5. The number of carbonyl (C=O) groups is 1. The Kier molecular flexibility index (Phi) is 4.54. The first kappa shape index (κ1) is 18.1. The Morgan fingerprint density at radius 3 is 2.71 bits per heavy atom. The Balaban J connectivity index is 1.63. The summed E-state index contributed by atoms with van der Waals surface area (Å²) in [7, 11) is 0. The Bertz CT molecular complexity index is 1090. The van der Waals surface area contributed by atoms with Gasteiger partial charge in [0, 0.05) is 18.4 Å². The number of nitrogens with zero attached hydrogens (tertiary/aromatic N) is 5. The van der Waals surface area contributed by atoms with Crippen molar-refractivity contribution in [3.05, 3.63) is 64.2 Å². The summed E-state index contributed by atoms with van der Waals surface area (Å²) in [6.45, 7) is 6.00. The Morgan fingerprint density at radius 2 is 2.00 bits per heavy atom. The van der Waals surface area contributed by atoms with Crippen LogP contribution in [0.15, 0.2) is 41.5 Å². The summed E-state index contributed by atoms with van der Waals surface area (Å²) in [4.78, 5) is 33.4. The number of hydrogen-bond donors (Lipinski definition) is 1. The first-order valence-corrected chi connectivity index (χ1v) is 9.37. The first-order chi connectivity index (χ1) is 13.5. The minimum absolute atomic E-state index is 0.000848. The molecule has 4 rings (SSSR count). The molecule has 1 fully saturated rings. The van der Waals surface area contributed by atoms with Crippen LogP contribution in [0.1, 0.15) is 60.7 Å². The van der Waals surface area contributed by atoms with Crippen molar-refractivity contribution < 1.29 is 4.79 Å². The van der Waals surface area contributed by atoms with Gasteiger partial charge in [0.2, 0.25) is 5.82 Å². The minimum atomic E-state index is -0.554. The van der Waals surface area contributed by atoms with Crippen LogP contribution in [0.2, 0.25) is 0 Å². The second kappa shape index (κ2) is 7.03. The SMILES string of the molecule is Cc1nc(C(=O)Nc2nccn(C3CC3)c2=O)nn1-c1ccccc1C(C)C. The third-order valence-electron chi connectivity index (χ3n) is 4.80. The van der Waals surface area contributed by atoms with E-state index in [2.05, 4.69) is 34.2 Å². The highest BCUT2D eigenvalue weighted by molar-refractivity contribution is 6.00. The number of amides is 1. The highest BCUT2D eigenvalue weighted by atomic mass is 16.2. The summed E-state index contributed by atoms with van der Waals surface area (Å²) in [5.74, 6) is 0.332. The zero-order valence-corrected chi connectivity index (χ0v) is 16.1. The molecule has 0 saturated heterocycles. The number of anilines is 1. The highest BCUT2D eigenvalue weighted by Gasteiger charge is 2.26. The van der Waals surface area contributed by atoms with Crippen LogP contribution in [0.4, 0.5) is 5.82 Å². The fourth-order valence-electron chi connectivity index (χ4n) is 3.20. The van der Waals surface area contributed by atoms with E-state index in [1.54, 1.807) is 22.4 Å². The zero-order chi connectivity index (χ0) is 19.8. The van der Waals surface area contributed by atoms with E-state index < -0.39 is 5.91 Å². The molecule has 1 aromatic carbocycles. The molecule has 0 aliphatic heterocycles. The molecule has 0 bridgehead atoms. The van der Waals surface area contributed by atoms with E-state index in [-0.39, 0.29) is 23.2 Å². The van der Waals surface area contributed by atoms with E-state index in [4.69, 9.17) is 0 Å². The number of aryl methyl sites for hydroxylation is 1. The van der Waals surface area contributed by atoms with Gasteiger partial charge in [-0.15, -0.1) is 5.10 Å². The van der Waals surface area contributed by atoms with Gasteiger partial charge in [-0.1, -0.05) is 32.0 Å². The second-order valence-corrected chi connectivity index (χ2v) is 7.28. The molecular weight excluding hydrogens is 356 g/mol. The number of aromatic nitrogens is 5. The summed E-state index contributed by atoms with van der Waals surface area (Å²) < 4.78 is 3.27. The fourth-order valence-corrected chi connectivity index (χ4v) is 3.20. The molecule has 1 N–H and O–H groups in total. The predicted octanol–water partition coefficient (Wildman–Crippen LogP) is 2.84. The van der Waals surface area contributed by atoms with Crippen molar-refractivity contribution in [1.82, 2.24) is 24.3 Å². The van der Waals surface area contributed by atoms with Gasteiger partial charge in [0.15, 0.2) is 5.82 Å². The third-order valence-corrected chi connectivity index (χ3v) is 4.80. The normalized spacial score (nSPS) is 13.7. The van der Waals surface area contributed by atoms with Crippen LogP contribution in [-0.4, -0.2) is 30.2 Å². The topological polar surface area (TPSA) is 94.7 Å². The molecule has 0 atom stereocenters. The summed E-state index contributed by atoms with van der Waals surface area (Å²) in [5.41, 5.74) is 1.69. The maximum absolute atomic E-state index is 12.6. The lowest BCUT2D eigenvalue weighted by molar-refractivity contribution is 0.101. The van der Waals surface area contributed by atoms with Gasteiger partial charge in [0.1, 0.15) is 5.82 Å². The van der Waals surface area contributed by atoms with E-state index >= 15 is 0 Å². The van der Waals surface area contributed by atoms with Crippen LogP contribution in [0, 0.1) is 6.92 Å². The lowest BCUT2D eigenvalue weighted by Gasteiger charge is -2.12. The molecule has 0 unspecified atom stereocenters. The zero-order valence-electron chi connectivity index (χ0n) is 16.1. The van der Waals surface area contributed by atoms with Crippen LogP contribution < -0.4 is 10.9 Å². The first-order valence-electron chi connectivity index (χ1n) is 9.37. The fraction of sp³-hybridized carbons (Fsp3) is 0.350. The summed E-state index contributed by atoms with van der Waals surface area (Å²) >= 11 is 0. The molecule has 2 aromatic heterocycles. The van der Waals surface area contributed by atoms with Gasteiger partial charge in [0.05, 0.1) is 5.69 Å². The lowest BCUT2D eigenvalue weighted by Crippen LogP contribution is -2.27. The van der Waals surface area contributed by atoms with Crippen molar-refractivity contribution in [3.8, 4) is 5.69 Å². The van der Waals surface area contributed by atoms with Gasteiger partial charge < -0.3 is 4.57 Å². The molecule has 0 spiro atoms. The summed E-state index contributed by atoms with van der Waals surface area (Å²) in [6.07, 6.45) is 5.11. The van der Waals surface area contributed by atoms with Crippen LogP contribution in [0.25, 0.3) is 5.69 Å². The van der Waals surface area contributed by atoms with Gasteiger partial charge >= 0.3 is 0 Å². The molecule has 8 heteroatoms. The molecule has 1 aliphatic carbocycles. The molecule has 1 amide bonds. The molecular formula is C20H22N6O2. The average molecular weight is 378 g/mol. The largest absolute Gasteiger partial charge is 0.308 e. The molecule has 1 saturated carbocycles. The highest BCUT2D eigenvalue weighted by Crippen LogP contribution is 2.33. The average Bonchev–Trinajstić information content (AvgIpc) is 3.44. The van der Waals surface area contributed by atoms with Crippen LogP contribution >= 0.6 is 0 Å². The van der Waals surface area contributed by atoms with E-state index in [0.717, 1.165) is 24.1 Å². The second-order valence-electron chi connectivity index (χ2n) is 7.28. The Morgan fingerprint density at radius 1 is 1.25 bits per heavy atom. The molecule has 8 nitrogen and oxygen atoms in total. The maximum atomic E-state index is 12.6. The van der Waals surface area contributed by atoms with Crippen molar-refractivity contribution >= 4 is 11.7 Å². The molecule has 28 heavy (non-hydrogen) atoms. The number of carbonyl (C=O) groups excluding carboxylic acids is 1. The van der Waals surface area contributed by atoms with Crippen molar-refractivity contribution in [3.63, 3.8) is 0 Å². The van der Waals surface area contributed by atoms with Gasteiger partial charge in [-0.2, -0.15) is 0 Å². The lowest BCUT2D eigenvalue weighted by atomic mass is 10.0. The van der Waals surface area contributed by atoms with Crippen molar-refractivity contribution in [2.45, 2.75) is 45.6 Å². The van der Waals surface area contributed by atoms with Crippen molar-refractivity contribution in [1.29, 1.82) is 0 Å².